The van der Waals surface area contributed by atoms with Crippen LogP contribution in [0.15, 0.2) is 54.6 Å². The molecule has 4 heteroatoms. The number of hydrogen-bond donors (Lipinski definition) is 0. The van der Waals surface area contributed by atoms with Gasteiger partial charge in [-0.2, -0.15) is 0 Å². The molecule has 1 heterocycles. The highest BCUT2D eigenvalue weighted by Crippen LogP contribution is 2.29. The Bertz CT molecular complexity index is 789. The topological polar surface area (TPSA) is 44.2 Å². The van der Waals surface area contributed by atoms with Crippen LogP contribution in [0.3, 0.4) is 0 Å². The van der Waals surface area contributed by atoms with E-state index in [4.69, 9.17) is 10.8 Å². The van der Waals surface area contributed by atoms with Crippen LogP contribution in [0.25, 0.3) is 22.3 Å². The van der Waals surface area contributed by atoms with Crippen LogP contribution in [0, 0.1) is 0 Å². The van der Waals surface area contributed by atoms with Crippen LogP contribution in [-0.2, 0) is 9.47 Å². The Morgan fingerprint density at radius 2 is 1.43 bits per heavy atom. The molecule has 106 valence electrons. The van der Waals surface area contributed by atoms with E-state index in [0.29, 0.717) is 16.9 Å². The molecule has 0 N–H and O–H groups in total. The third kappa shape index (κ3) is 2.63. The molecule has 0 fully saturated rings. The smallest absolute Gasteiger partial charge is 0.202 e. The minimum absolute atomic E-state index is 0.336. The summed E-state index contributed by atoms with van der Waals surface area (Å²) in [7, 11) is 2.84. The molecule has 21 heavy (non-hydrogen) atoms. The molecule has 1 aromatic heterocycles. The van der Waals surface area contributed by atoms with Gasteiger partial charge in [0, 0.05) is 19.8 Å². The molecule has 3 aromatic rings. The summed E-state index contributed by atoms with van der Waals surface area (Å²) in [5.41, 5.74) is 3.24. The first-order valence-corrected chi connectivity index (χ1v) is 6.61. The number of hydrogen-bond acceptors (Lipinski definition) is 4. The summed E-state index contributed by atoms with van der Waals surface area (Å²) in [5.74, 6) is 0. The van der Waals surface area contributed by atoms with Crippen molar-refractivity contribution in [3.05, 3.63) is 60.3 Å². The van der Waals surface area contributed by atoms with Crippen LogP contribution in [-0.4, -0.2) is 24.2 Å². The van der Waals surface area contributed by atoms with Crippen LogP contribution < -0.4 is 0 Å². The minimum Gasteiger partial charge on any atom is -0.350 e. The van der Waals surface area contributed by atoms with Gasteiger partial charge >= 0.3 is 0 Å². The fourth-order valence-corrected chi connectivity index (χ4v) is 2.22. The third-order valence-electron chi connectivity index (χ3n) is 3.18. The van der Waals surface area contributed by atoms with Gasteiger partial charge in [-0.05, 0) is 12.1 Å². The first-order chi connectivity index (χ1) is 10.7. The maximum Gasteiger partial charge on any atom is 0.202 e. The largest absolute Gasteiger partial charge is 0.350 e. The van der Waals surface area contributed by atoms with E-state index in [1.807, 2.05) is 54.6 Å². The molecule has 0 spiro atoms. The lowest BCUT2D eigenvalue weighted by Crippen LogP contribution is -2.09. The molecule has 0 atom stereocenters. The second-order valence-electron chi connectivity index (χ2n) is 4.47. The molecule has 0 bridgehead atoms. The Hall–Kier alpha value is -2.30. The zero-order chi connectivity index (χ0) is 15.6. The molecule has 0 aliphatic rings. The van der Waals surface area contributed by atoms with Crippen LogP contribution >= 0.6 is 0 Å². The number of methoxy groups -OCH3 is 2. The minimum atomic E-state index is -1.71. The van der Waals surface area contributed by atoms with Gasteiger partial charge in [0.1, 0.15) is 5.69 Å². The highest BCUT2D eigenvalue weighted by atomic mass is 16.7. The second-order valence-corrected chi connectivity index (χ2v) is 4.47. The van der Waals surface area contributed by atoms with Crippen molar-refractivity contribution in [1.29, 1.82) is 0 Å². The number of fused-ring (bicyclic) bond motifs is 1. The van der Waals surface area contributed by atoms with Crippen molar-refractivity contribution in [3.63, 3.8) is 0 Å². The Labute approximate surface area is 124 Å². The number of nitrogens with zero attached hydrogens (tertiary/aromatic N) is 2. The van der Waals surface area contributed by atoms with Crippen molar-refractivity contribution in [2.24, 2.45) is 0 Å². The zero-order valence-corrected chi connectivity index (χ0v) is 11.9. The van der Waals surface area contributed by atoms with Gasteiger partial charge in [0.05, 0.1) is 18.1 Å². The zero-order valence-electron chi connectivity index (χ0n) is 12.9. The molecule has 3 rings (SSSR count). The monoisotopic (exact) mass is 281 g/mol. The average molecular weight is 281 g/mol. The van der Waals surface area contributed by atoms with Gasteiger partial charge in [-0.25, -0.2) is 9.97 Å². The molecule has 0 aliphatic carbocycles. The van der Waals surface area contributed by atoms with Gasteiger partial charge in [0.15, 0.2) is 0 Å². The Kier molecular flexibility index (Phi) is 3.55. The highest BCUT2D eigenvalue weighted by molar-refractivity contribution is 5.78. The van der Waals surface area contributed by atoms with Crippen molar-refractivity contribution < 1.29 is 10.8 Å². The van der Waals surface area contributed by atoms with Crippen LogP contribution in [0.5, 0.6) is 0 Å². The number of aromatic nitrogens is 2. The fourth-order valence-electron chi connectivity index (χ4n) is 2.22. The summed E-state index contributed by atoms with van der Waals surface area (Å²) in [5, 5.41) is 0. The molecule has 0 saturated heterocycles. The van der Waals surface area contributed by atoms with Gasteiger partial charge in [0.25, 0.3) is 0 Å². The van der Waals surface area contributed by atoms with Gasteiger partial charge in [0.2, 0.25) is 6.27 Å². The van der Waals surface area contributed by atoms with E-state index >= 15 is 0 Å². The number of ether oxygens (including phenoxy) is 2. The maximum absolute atomic E-state index is 8.38. The quantitative estimate of drug-likeness (QED) is 0.685. The standard InChI is InChI=1S/C17H16N2O2/c1-20-17(21-2)16-15(12-8-4-3-5-9-12)18-13-10-6-7-11-14(13)19-16/h3-11,17H,1-2H3/i17D. The van der Waals surface area contributed by atoms with Crippen LogP contribution in [0.1, 0.15) is 13.3 Å². The van der Waals surface area contributed by atoms with E-state index in [1.54, 1.807) is 0 Å². The van der Waals surface area contributed by atoms with Crippen LogP contribution in [0.4, 0.5) is 0 Å². The first-order valence-electron chi connectivity index (χ1n) is 7.11. The van der Waals surface area contributed by atoms with E-state index in [0.717, 1.165) is 11.1 Å². The van der Waals surface area contributed by atoms with E-state index in [-0.39, 0.29) is 0 Å². The van der Waals surface area contributed by atoms with Crippen molar-refractivity contribution in [1.82, 2.24) is 9.97 Å². The van der Waals surface area contributed by atoms with Crippen molar-refractivity contribution in [3.8, 4) is 11.3 Å². The lowest BCUT2D eigenvalue weighted by atomic mass is 10.1. The van der Waals surface area contributed by atoms with Gasteiger partial charge in [-0.15, -0.1) is 0 Å². The second kappa shape index (κ2) is 5.99. The number of benzene rings is 2. The van der Waals surface area contributed by atoms with E-state index < -0.39 is 6.27 Å². The third-order valence-corrected chi connectivity index (χ3v) is 3.18. The molecule has 0 unspecified atom stereocenters. The lowest BCUT2D eigenvalue weighted by molar-refractivity contribution is -0.108. The average Bonchev–Trinajstić information content (AvgIpc) is 2.60. The molecule has 4 nitrogen and oxygen atoms in total. The summed E-state index contributed by atoms with van der Waals surface area (Å²) < 4.78 is 18.8. The fraction of sp³-hybridized carbons (Fsp3) is 0.176. The Morgan fingerprint density at radius 1 is 0.857 bits per heavy atom. The summed E-state index contributed by atoms with van der Waals surface area (Å²) in [4.78, 5) is 9.23. The normalized spacial score (nSPS) is 12.4. The highest BCUT2D eigenvalue weighted by Gasteiger charge is 2.19. The summed E-state index contributed by atoms with van der Waals surface area (Å²) in [6.45, 7) is 0. The summed E-state index contributed by atoms with van der Waals surface area (Å²) in [6, 6.07) is 17.2. The predicted octanol–water partition coefficient (Wildman–Crippen LogP) is 3.59. The molecule has 0 amide bonds. The Balaban J connectivity index is 2.32. The predicted molar refractivity (Wildman–Crippen MR) is 81.7 cm³/mol. The summed E-state index contributed by atoms with van der Waals surface area (Å²) >= 11 is 0. The maximum atomic E-state index is 8.38. The number of rotatable bonds is 4. The molecule has 0 saturated carbocycles. The van der Waals surface area contributed by atoms with Crippen molar-refractivity contribution in [2.75, 3.05) is 14.2 Å². The van der Waals surface area contributed by atoms with E-state index in [9.17, 15) is 0 Å². The van der Waals surface area contributed by atoms with Crippen molar-refractivity contribution >= 4 is 11.0 Å². The van der Waals surface area contributed by atoms with Gasteiger partial charge in [-0.3, -0.25) is 0 Å². The molecule has 2 aromatic carbocycles. The molecule has 0 aliphatic heterocycles. The molecular formula is C17H16N2O2. The van der Waals surface area contributed by atoms with Gasteiger partial charge < -0.3 is 9.47 Å². The lowest BCUT2D eigenvalue weighted by Gasteiger charge is -2.17. The number of para-hydroxylation sites is 2. The Morgan fingerprint density at radius 3 is 2.05 bits per heavy atom. The van der Waals surface area contributed by atoms with Crippen LogP contribution in [0.2, 0.25) is 0 Å². The van der Waals surface area contributed by atoms with Gasteiger partial charge in [-0.1, -0.05) is 42.5 Å². The molecule has 0 radical (unpaired) electrons. The van der Waals surface area contributed by atoms with Crippen molar-refractivity contribution in [2.45, 2.75) is 6.27 Å². The van der Waals surface area contributed by atoms with E-state index in [1.165, 1.54) is 14.2 Å². The van der Waals surface area contributed by atoms with E-state index in [2.05, 4.69) is 9.97 Å². The first kappa shape index (κ1) is 12.4. The summed E-state index contributed by atoms with van der Waals surface area (Å²) in [6.07, 6.45) is -1.71. The SMILES string of the molecule is [2H]C(OC)(OC)c1nc2ccccc2nc1-c1ccccc1. The molecular weight excluding hydrogens is 264 g/mol.